The number of nitrogens with zero attached hydrogens (tertiary/aromatic N) is 2. The standard InChI is InChI=1S/C10H15N3O2/c1-13-5-8(12-7-13)9(14)11-6-10(15)3-2-4-10/h5,7,15H,2-4,6H2,1H3,(H,11,14). The maximum Gasteiger partial charge on any atom is 0.271 e. The predicted octanol–water partition coefficient (Wildman–Crippen LogP) is 0.0649. The van der Waals surface area contributed by atoms with Gasteiger partial charge in [0.05, 0.1) is 11.9 Å². The second kappa shape index (κ2) is 3.66. The summed E-state index contributed by atoms with van der Waals surface area (Å²) in [7, 11) is 1.81. The predicted molar refractivity (Wildman–Crippen MR) is 54.3 cm³/mol. The molecule has 15 heavy (non-hydrogen) atoms. The topological polar surface area (TPSA) is 67.2 Å². The van der Waals surface area contributed by atoms with Crippen LogP contribution in [0.4, 0.5) is 0 Å². The first-order valence-electron chi connectivity index (χ1n) is 5.08. The summed E-state index contributed by atoms with van der Waals surface area (Å²) in [5.74, 6) is -0.226. The van der Waals surface area contributed by atoms with Crippen LogP contribution in [-0.2, 0) is 7.05 Å². The number of aryl methyl sites for hydroxylation is 1. The molecule has 1 heterocycles. The lowest BCUT2D eigenvalue weighted by Crippen LogP contribution is -2.47. The van der Waals surface area contributed by atoms with Crippen molar-refractivity contribution in [2.45, 2.75) is 24.9 Å². The van der Waals surface area contributed by atoms with Crippen LogP contribution >= 0.6 is 0 Å². The van der Waals surface area contributed by atoms with Crippen LogP contribution in [0.5, 0.6) is 0 Å². The molecule has 0 saturated heterocycles. The van der Waals surface area contributed by atoms with E-state index in [1.165, 1.54) is 0 Å². The summed E-state index contributed by atoms with van der Waals surface area (Å²) in [6.45, 7) is 0.322. The van der Waals surface area contributed by atoms with Crippen molar-refractivity contribution in [3.05, 3.63) is 18.2 Å². The second-order valence-corrected chi connectivity index (χ2v) is 4.18. The maximum atomic E-state index is 11.5. The Labute approximate surface area is 88.1 Å². The molecule has 5 heteroatoms. The average Bonchev–Trinajstić information content (AvgIpc) is 2.58. The Morgan fingerprint density at radius 3 is 2.93 bits per heavy atom. The summed E-state index contributed by atoms with van der Waals surface area (Å²) >= 11 is 0. The van der Waals surface area contributed by atoms with Gasteiger partial charge in [-0.25, -0.2) is 4.98 Å². The van der Waals surface area contributed by atoms with Gasteiger partial charge < -0.3 is 15.0 Å². The first-order valence-corrected chi connectivity index (χ1v) is 5.08. The molecule has 0 bridgehead atoms. The normalized spacial score (nSPS) is 18.3. The lowest BCUT2D eigenvalue weighted by Gasteiger charge is -2.36. The summed E-state index contributed by atoms with van der Waals surface area (Å²) in [6, 6.07) is 0. The number of nitrogens with one attached hydrogen (secondary N) is 1. The van der Waals surface area contributed by atoms with E-state index < -0.39 is 5.60 Å². The first kappa shape index (κ1) is 10.2. The fourth-order valence-corrected chi connectivity index (χ4v) is 1.63. The Morgan fingerprint density at radius 2 is 2.47 bits per heavy atom. The van der Waals surface area contributed by atoms with E-state index in [0.29, 0.717) is 12.2 Å². The monoisotopic (exact) mass is 209 g/mol. The number of hydrogen-bond acceptors (Lipinski definition) is 3. The average molecular weight is 209 g/mol. The van der Waals surface area contributed by atoms with Gasteiger partial charge in [-0.15, -0.1) is 0 Å². The van der Waals surface area contributed by atoms with E-state index in [1.54, 1.807) is 17.1 Å². The lowest BCUT2D eigenvalue weighted by atomic mass is 9.80. The van der Waals surface area contributed by atoms with Crippen molar-refractivity contribution in [2.75, 3.05) is 6.54 Å². The number of hydrogen-bond donors (Lipinski definition) is 2. The number of rotatable bonds is 3. The summed E-state index contributed by atoms with van der Waals surface area (Å²) in [5.41, 5.74) is -0.287. The van der Waals surface area contributed by atoms with Crippen molar-refractivity contribution in [3.8, 4) is 0 Å². The fraction of sp³-hybridized carbons (Fsp3) is 0.600. The highest BCUT2D eigenvalue weighted by atomic mass is 16.3. The molecule has 0 unspecified atom stereocenters. The molecule has 0 radical (unpaired) electrons. The highest BCUT2D eigenvalue weighted by Crippen LogP contribution is 2.30. The Morgan fingerprint density at radius 1 is 1.73 bits per heavy atom. The molecule has 1 saturated carbocycles. The van der Waals surface area contributed by atoms with Gasteiger partial charge in [-0.2, -0.15) is 0 Å². The molecule has 0 spiro atoms. The van der Waals surface area contributed by atoms with Gasteiger partial charge in [0.1, 0.15) is 5.69 Å². The Kier molecular flexibility index (Phi) is 2.48. The van der Waals surface area contributed by atoms with Crippen LogP contribution in [0, 0.1) is 0 Å². The molecule has 82 valence electrons. The zero-order valence-electron chi connectivity index (χ0n) is 8.73. The molecule has 1 aromatic heterocycles. The molecular formula is C10H15N3O2. The van der Waals surface area contributed by atoms with E-state index in [-0.39, 0.29) is 5.91 Å². The smallest absolute Gasteiger partial charge is 0.271 e. The SMILES string of the molecule is Cn1cnc(C(=O)NCC2(O)CCC2)c1. The molecule has 1 amide bonds. The Hall–Kier alpha value is -1.36. The van der Waals surface area contributed by atoms with Gasteiger partial charge in [0.15, 0.2) is 0 Å². The zero-order valence-corrected chi connectivity index (χ0v) is 8.73. The Bertz CT molecular complexity index is 368. The number of carbonyl (C=O) groups is 1. The van der Waals surface area contributed by atoms with Crippen molar-refractivity contribution in [2.24, 2.45) is 7.05 Å². The molecule has 1 fully saturated rings. The molecule has 5 nitrogen and oxygen atoms in total. The number of imidazole rings is 1. The van der Waals surface area contributed by atoms with E-state index in [2.05, 4.69) is 10.3 Å². The third-order valence-electron chi connectivity index (χ3n) is 2.80. The summed E-state index contributed by atoms with van der Waals surface area (Å²) < 4.78 is 1.72. The maximum absolute atomic E-state index is 11.5. The zero-order chi connectivity index (χ0) is 10.9. The lowest BCUT2D eigenvalue weighted by molar-refractivity contribution is -0.0300. The molecule has 1 aliphatic carbocycles. The molecule has 0 aliphatic heterocycles. The van der Waals surface area contributed by atoms with Crippen molar-refractivity contribution in [1.82, 2.24) is 14.9 Å². The van der Waals surface area contributed by atoms with Crippen LogP contribution in [0.1, 0.15) is 29.8 Å². The minimum absolute atomic E-state index is 0.226. The van der Waals surface area contributed by atoms with E-state index >= 15 is 0 Å². The van der Waals surface area contributed by atoms with Crippen molar-refractivity contribution in [1.29, 1.82) is 0 Å². The fourth-order valence-electron chi connectivity index (χ4n) is 1.63. The van der Waals surface area contributed by atoms with Gasteiger partial charge in [-0.1, -0.05) is 0 Å². The molecule has 1 aliphatic rings. The van der Waals surface area contributed by atoms with E-state index in [4.69, 9.17) is 0 Å². The molecule has 1 aromatic rings. The third-order valence-corrected chi connectivity index (χ3v) is 2.80. The van der Waals surface area contributed by atoms with Crippen molar-refractivity contribution < 1.29 is 9.90 Å². The summed E-state index contributed by atoms with van der Waals surface area (Å²) in [4.78, 5) is 15.5. The van der Waals surface area contributed by atoms with E-state index in [9.17, 15) is 9.90 Å². The van der Waals surface area contributed by atoms with Crippen molar-refractivity contribution >= 4 is 5.91 Å². The molecule has 2 N–H and O–H groups in total. The number of amides is 1. The van der Waals surface area contributed by atoms with Gasteiger partial charge in [0.2, 0.25) is 0 Å². The van der Waals surface area contributed by atoms with Crippen molar-refractivity contribution in [3.63, 3.8) is 0 Å². The van der Waals surface area contributed by atoms with E-state index in [1.807, 2.05) is 7.05 Å². The van der Waals surface area contributed by atoms with Crippen LogP contribution in [-0.4, -0.2) is 32.7 Å². The molecular weight excluding hydrogens is 194 g/mol. The third kappa shape index (κ3) is 2.18. The first-order chi connectivity index (χ1) is 7.09. The van der Waals surface area contributed by atoms with Crippen LogP contribution in [0.25, 0.3) is 0 Å². The number of aromatic nitrogens is 2. The Balaban J connectivity index is 1.87. The quantitative estimate of drug-likeness (QED) is 0.740. The molecule has 2 rings (SSSR count). The second-order valence-electron chi connectivity index (χ2n) is 4.18. The van der Waals surface area contributed by atoms with Gasteiger partial charge in [-0.3, -0.25) is 4.79 Å². The largest absolute Gasteiger partial charge is 0.388 e. The highest BCUT2D eigenvalue weighted by molar-refractivity contribution is 5.92. The highest BCUT2D eigenvalue weighted by Gasteiger charge is 2.34. The van der Waals surface area contributed by atoms with Crippen LogP contribution in [0.2, 0.25) is 0 Å². The number of carbonyl (C=O) groups excluding carboxylic acids is 1. The van der Waals surface area contributed by atoms with Crippen LogP contribution in [0.3, 0.4) is 0 Å². The van der Waals surface area contributed by atoms with Crippen LogP contribution < -0.4 is 5.32 Å². The molecule has 0 aromatic carbocycles. The summed E-state index contributed by atoms with van der Waals surface area (Å²) in [5, 5.41) is 12.5. The van der Waals surface area contributed by atoms with Crippen LogP contribution in [0.15, 0.2) is 12.5 Å². The minimum atomic E-state index is -0.676. The van der Waals surface area contributed by atoms with Gasteiger partial charge in [0, 0.05) is 19.8 Å². The summed E-state index contributed by atoms with van der Waals surface area (Å²) in [6.07, 6.45) is 5.81. The minimum Gasteiger partial charge on any atom is -0.388 e. The van der Waals surface area contributed by atoms with Gasteiger partial charge in [0.25, 0.3) is 5.91 Å². The number of aliphatic hydroxyl groups is 1. The molecule has 0 atom stereocenters. The van der Waals surface area contributed by atoms with E-state index in [0.717, 1.165) is 19.3 Å². The van der Waals surface area contributed by atoms with Gasteiger partial charge >= 0.3 is 0 Å². The van der Waals surface area contributed by atoms with Gasteiger partial charge in [-0.05, 0) is 19.3 Å².